The minimum Gasteiger partial charge on any atom is -0.496 e. The van der Waals surface area contributed by atoms with Crippen molar-refractivity contribution in [3.05, 3.63) is 58.9 Å². The molecule has 0 radical (unpaired) electrons. The summed E-state index contributed by atoms with van der Waals surface area (Å²) in [5, 5.41) is 4.44. The number of benzene rings is 2. The van der Waals surface area contributed by atoms with Crippen LogP contribution in [0.5, 0.6) is 5.75 Å². The Kier molecular flexibility index (Phi) is 5.50. The first kappa shape index (κ1) is 19.3. The fourth-order valence-electron chi connectivity index (χ4n) is 2.53. The van der Waals surface area contributed by atoms with Gasteiger partial charge in [0.05, 0.1) is 18.6 Å². The van der Waals surface area contributed by atoms with Crippen LogP contribution in [-0.2, 0) is 16.6 Å². The number of sulfonamides is 1. The van der Waals surface area contributed by atoms with Gasteiger partial charge in [-0.3, -0.25) is 0 Å². The fraction of sp³-hybridized carbons (Fsp3) is 0.222. The van der Waals surface area contributed by atoms with E-state index in [1.54, 1.807) is 43.3 Å². The van der Waals surface area contributed by atoms with E-state index in [1.807, 2.05) is 0 Å². The molecule has 3 aromatic rings. The molecule has 0 saturated heterocycles. The smallest absolute Gasteiger partial charge is 0.243 e. The zero-order chi connectivity index (χ0) is 19.6. The highest BCUT2D eigenvalue weighted by Gasteiger charge is 2.24. The lowest BCUT2D eigenvalue weighted by Crippen LogP contribution is -2.26. The maximum absolute atomic E-state index is 12.8. The molecule has 0 bridgehead atoms. The van der Waals surface area contributed by atoms with Crippen molar-refractivity contribution in [3.8, 4) is 17.1 Å². The summed E-state index contributed by atoms with van der Waals surface area (Å²) >= 11 is 5.97. The van der Waals surface area contributed by atoms with E-state index in [9.17, 15) is 8.42 Å². The molecule has 0 atom stereocenters. The third-order valence-electron chi connectivity index (χ3n) is 3.98. The molecular weight excluding hydrogens is 390 g/mol. The largest absolute Gasteiger partial charge is 0.496 e. The van der Waals surface area contributed by atoms with Gasteiger partial charge in [-0.25, -0.2) is 8.42 Å². The molecule has 142 valence electrons. The summed E-state index contributed by atoms with van der Waals surface area (Å²) in [6.07, 6.45) is 0. The van der Waals surface area contributed by atoms with Gasteiger partial charge < -0.3 is 9.26 Å². The molecule has 7 nitrogen and oxygen atoms in total. The van der Waals surface area contributed by atoms with Crippen molar-refractivity contribution in [2.45, 2.75) is 18.4 Å². The van der Waals surface area contributed by atoms with Crippen molar-refractivity contribution in [2.75, 3.05) is 14.2 Å². The number of nitrogens with zero attached hydrogens (tertiary/aromatic N) is 3. The van der Waals surface area contributed by atoms with Crippen molar-refractivity contribution >= 4 is 21.6 Å². The van der Waals surface area contributed by atoms with Crippen LogP contribution in [-0.4, -0.2) is 37.0 Å². The Labute approximate surface area is 162 Å². The molecule has 1 heterocycles. The summed E-state index contributed by atoms with van der Waals surface area (Å²) in [5.41, 5.74) is 1.42. The summed E-state index contributed by atoms with van der Waals surface area (Å²) in [7, 11) is -0.724. The Morgan fingerprint density at radius 1 is 1.22 bits per heavy atom. The molecule has 0 unspecified atom stereocenters. The van der Waals surface area contributed by atoms with E-state index in [1.165, 1.54) is 20.2 Å². The van der Waals surface area contributed by atoms with E-state index in [-0.39, 0.29) is 17.3 Å². The van der Waals surface area contributed by atoms with E-state index in [4.69, 9.17) is 20.9 Å². The molecule has 27 heavy (non-hydrogen) atoms. The Hall–Kier alpha value is -2.42. The summed E-state index contributed by atoms with van der Waals surface area (Å²) in [4.78, 5) is 4.42. The van der Waals surface area contributed by atoms with Gasteiger partial charge in [0.1, 0.15) is 5.75 Å². The Bertz CT molecular complexity index is 1070. The number of halogens is 1. The van der Waals surface area contributed by atoms with Crippen molar-refractivity contribution in [2.24, 2.45) is 0 Å². The SMILES string of the molecule is COc1ccc(S(=O)(=O)N(C)Cc2nc(-c3cccc(Cl)c3)no2)cc1C. The second-order valence-electron chi connectivity index (χ2n) is 5.91. The summed E-state index contributed by atoms with van der Waals surface area (Å²) in [6, 6.07) is 11.7. The van der Waals surface area contributed by atoms with Gasteiger partial charge in [0.25, 0.3) is 0 Å². The predicted molar refractivity (Wildman–Crippen MR) is 101 cm³/mol. The van der Waals surface area contributed by atoms with E-state index < -0.39 is 10.0 Å². The molecule has 0 amide bonds. The second-order valence-corrected chi connectivity index (χ2v) is 8.40. The van der Waals surface area contributed by atoms with Gasteiger partial charge in [-0.2, -0.15) is 9.29 Å². The average molecular weight is 408 g/mol. The van der Waals surface area contributed by atoms with Crippen LogP contribution >= 0.6 is 11.6 Å². The predicted octanol–water partition coefficient (Wildman–Crippen LogP) is 3.53. The molecule has 0 N–H and O–H groups in total. The molecule has 0 spiro atoms. The van der Waals surface area contributed by atoms with Gasteiger partial charge in [0.2, 0.25) is 21.7 Å². The highest BCUT2D eigenvalue weighted by molar-refractivity contribution is 7.89. The van der Waals surface area contributed by atoms with E-state index in [0.29, 0.717) is 22.2 Å². The standard InChI is InChI=1S/C18H18ClN3O4S/c1-12-9-15(7-8-16(12)25-3)27(23,24)22(2)11-17-20-18(21-26-17)13-5-4-6-14(19)10-13/h4-10H,11H2,1-3H3. The zero-order valence-electron chi connectivity index (χ0n) is 15.0. The molecule has 0 aliphatic carbocycles. The topological polar surface area (TPSA) is 85.5 Å². The first-order chi connectivity index (χ1) is 12.8. The normalized spacial score (nSPS) is 11.7. The van der Waals surface area contributed by atoms with Crippen LogP contribution in [0.1, 0.15) is 11.5 Å². The van der Waals surface area contributed by atoms with E-state index in [0.717, 1.165) is 9.87 Å². The van der Waals surface area contributed by atoms with Crippen LogP contribution in [0.3, 0.4) is 0 Å². The fourth-order valence-corrected chi connectivity index (χ4v) is 3.93. The third kappa shape index (κ3) is 4.13. The third-order valence-corrected chi connectivity index (χ3v) is 6.02. The molecule has 0 aliphatic heterocycles. The van der Waals surface area contributed by atoms with Crippen molar-refractivity contribution in [1.29, 1.82) is 0 Å². The highest BCUT2D eigenvalue weighted by atomic mass is 35.5. The summed E-state index contributed by atoms with van der Waals surface area (Å²) in [6.45, 7) is 1.73. The van der Waals surface area contributed by atoms with Crippen LogP contribution in [0.4, 0.5) is 0 Å². The lowest BCUT2D eigenvalue weighted by Gasteiger charge is -2.16. The van der Waals surface area contributed by atoms with E-state index >= 15 is 0 Å². The molecule has 1 aromatic heterocycles. The maximum atomic E-state index is 12.8. The monoisotopic (exact) mass is 407 g/mol. The summed E-state index contributed by atoms with van der Waals surface area (Å²) < 4.78 is 37.1. The second kappa shape index (κ2) is 7.67. The summed E-state index contributed by atoms with van der Waals surface area (Å²) in [5.74, 6) is 1.15. The minimum absolute atomic E-state index is 0.0546. The maximum Gasteiger partial charge on any atom is 0.243 e. The van der Waals surface area contributed by atoms with Crippen LogP contribution in [0.15, 0.2) is 51.9 Å². The average Bonchev–Trinajstić information content (AvgIpc) is 3.10. The van der Waals surface area contributed by atoms with Crippen molar-refractivity contribution in [3.63, 3.8) is 0 Å². The number of aromatic nitrogens is 2. The Morgan fingerprint density at radius 3 is 2.67 bits per heavy atom. The number of methoxy groups -OCH3 is 1. The highest BCUT2D eigenvalue weighted by Crippen LogP contribution is 2.24. The minimum atomic E-state index is -3.72. The lowest BCUT2D eigenvalue weighted by molar-refractivity contribution is 0.336. The number of hydrogen-bond donors (Lipinski definition) is 0. The van der Waals surface area contributed by atoms with Gasteiger partial charge in [-0.15, -0.1) is 0 Å². The van der Waals surface area contributed by atoms with Crippen molar-refractivity contribution < 1.29 is 17.7 Å². The molecule has 0 saturated carbocycles. The molecule has 2 aromatic carbocycles. The van der Waals surface area contributed by atoms with Crippen molar-refractivity contribution in [1.82, 2.24) is 14.4 Å². The van der Waals surface area contributed by atoms with Gasteiger partial charge in [-0.05, 0) is 42.8 Å². The molecule has 0 aliphatic rings. The molecule has 0 fully saturated rings. The molecule has 9 heteroatoms. The molecular formula is C18H18ClN3O4S. The van der Waals surface area contributed by atoms with Crippen LogP contribution < -0.4 is 4.74 Å². The van der Waals surface area contributed by atoms with Gasteiger partial charge in [0.15, 0.2) is 0 Å². The first-order valence-electron chi connectivity index (χ1n) is 8.01. The Morgan fingerprint density at radius 2 is 2.00 bits per heavy atom. The van der Waals surface area contributed by atoms with Crippen LogP contribution in [0.2, 0.25) is 5.02 Å². The van der Waals surface area contributed by atoms with E-state index in [2.05, 4.69) is 10.1 Å². The quantitative estimate of drug-likeness (QED) is 0.621. The van der Waals surface area contributed by atoms with Gasteiger partial charge >= 0.3 is 0 Å². The number of rotatable bonds is 6. The zero-order valence-corrected chi connectivity index (χ0v) is 16.6. The van der Waals surface area contributed by atoms with Gasteiger partial charge in [-0.1, -0.05) is 28.9 Å². The Balaban J connectivity index is 1.80. The van der Waals surface area contributed by atoms with Gasteiger partial charge in [0, 0.05) is 17.6 Å². The number of hydrogen-bond acceptors (Lipinski definition) is 6. The van der Waals surface area contributed by atoms with Crippen LogP contribution in [0, 0.1) is 6.92 Å². The first-order valence-corrected chi connectivity index (χ1v) is 9.82. The molecule has 3 rings (SSSR count). The number of ether oxygens (including phenoxy) is 1. The lowest BCUT2D eigenvalue weighted by atomic mass is 10.2. The van der Waals surface area contributed by atoms with Crippen LogP contribution in [0.25, 0.3) is 11.4 Å². The number of aryl methyl sites for hydroxylation is 1.